The zero-order valence-electron chi connectivity index (χ0n) is 16.3. The molecule has 1 saturated carbocycles. The summed E-state index contributed by atoms with van der Waals surface area (Å²) in [6, 6.07) is 3.79. The second-order valence-corrected chi connectivity index (χ2v) is 8.90. The van der Waals surface area contributed by atoms with Crippen molar-refractivity contribution in [2.75, 3.05) is 13.1 Å². The van der Waals surface area contributed by atoms with Gasteiger partial charge < -0.3 is 10.2 Å². The molecule has 2 fully saturated rings. The largest absolute Gasteiger partial charge is 0.335 e. The van der Waals surface area contributed by atoms with Gasteiger partial charge in [0.1, 0.15) is 0 Å². The van der Waals surface area contributed by atoms with E-state index in [4.69, 9.17) is 0 Å². The fourth-order valence-electron chi connectivity index (χ4n) is 3.77. The van der Waals surface area contributed by atoms with Gasteiger partial charge in [-0.25, -0.2) is 9.48 Å². The molecule has 1 aliphatic carbocycles. The molecule has 0 atom stereocenters. The van der Waals surface area contributed by atoms with Crippen molar-refractivity contribution in [1.29, 1.82) is 0 Å². The average Bonchev–Trinajstić information content (AvgIpc) is 2.79. The normalized spacial score (nSPS) is 19.7. The van der Waals surface area contributed by atoms with Crippen LogP contribution in [0.1, 0.15) is 65.0 Å². The molecule has 1 saturated heterocycles. The number of urea groups is 1. The smallest absolute Gasteiger partial charge is 0.317 e. The monoisotopic (exact) mass is 360 g/mol. The van der Waals surface area contributed by atoms with Gasteiger partial charge in [0.2, 0.25) is 0 Å². The number of rotatable bonds is 3. The fraction of sp³-hybridized carbons (Fsp3) is 0.750. The number of nitrogens with zero attached hydrogens (tertiary/aromatic N) is 3. The van der Waals surface area contributed by atoms with Crippen molar-refractivity contribution in [2.45, 2.75) is 77.3 Å². The van der Waals surface area contributed by atoms with Crippen molar-refractivity contribution in [3.05, 3.63) is 28.2 Å². The molecule has 6 nitrogen and oxygen atoms in total. The fourth-order valence-corrected chi connectivity index (χ4v) is 3.77. The van der Waals surface area contributed by atoms with Crippen LogP contribution in [0.5, 0.6) is 0 Å². The van der Waals surface area contributed by atoms with E-state index in [0.717, 1.165) is 18.5 Å². The Morgan fingerprint density at radius 3 is 2.42 bits per heavy atom. The quantitative estimate of drug-likeness (QED) is 0.843. The number of nitrogens with one attached hydrogen (secondary N) is 1. The predicted molar refractivity (Wildman–Crippen MR) is 102 cm³/mol. The summed E-state index contributed by atoms with van der Waals surface area (Å²) in [4.78, 5) is 26.3. The van der Waals surface area contributed by atoms with E-state index in [0.29, 0.717) is 31.6 Å². The van der Waals surface area contributed by atoms with E-state index >= 15 is 0 Å². The molecule has 0 bridgehead atoms. The van der Waals surface area contributed by atoms with Crippen molar-refractivity contribution in [2.24, 2.45) is 5.92 Å². The molecular formula is C20H32N4O2. The van der Waals surface area contributed by atoms with Crippen LogP contribution in [0.15, 0.2) is 16.9 Å². The minimum absolute atomic E-state index is 0.0527. The molecule has 0 unspecified atom stereocenters. The highest BCUT2D eigenvalue weighted by Crippen LogP contribution is 2.21. The van der Waals surface area contributed by atoms with E-state index in [1.807, 2.05) is 11.0 Å². The van der Waals surface area contributed by atoms with Crippen molar-refractivity contribution < 1.29 is 4.79 Å². The second-order valence-electron chi connectivity index (χ2n) is 8.90. The van der Waals surface area contributed by atoms with Crippen LogP contribution in [0.25, 0.3) is 0 Å². The number of likely N-dealkylation sites (tertiary alicyclic amines) is 1. The number of aromatic nitrogens is 2. The zero-order chi connectivity index (χ0) is 18.7. The van der Waals surface area contributed by atoms with E-state index in [2.05, 4.69) is 31.2 Å². The zero-order valence-corrected chi connectivity index (χ0v) is 16.3. The lowest BCUT2D eigenvalue weighted by molar-refractivity contribution is 0.104. The van der Waals surface area contributed by atoms with Crippen LogP contribution in [0.2, 0.25) is 0 Å². The van der Waals surface area contributed by atoms with Gasteiger partial charge in [-0.3, -0.25) is 4.79 Å². The van der Waals surface area contributed by atoms with Gasteiger partial charge in [-0.15, -0.1) is 0 Å². The van der Waals surface area contributed by atoms with Crippen LogP contribution in [0.3, 0.4) is 0 Å². The summed E-state index contributed by atoms with van der Waals surface area (Å²) < 4.78 is 1.56. The summed E-state index contributed by atoms with van der Waals surface area (Å²) in [7, 11) is 0. The molecule has 1 N–H and O–H groups in total. The van der Waals surface area contributed by atoms with Crippen molar-refractivity contribution in [3.63, 3.8) is 0 Å². The first-order valence-electron chi connectivity index (χ1n) is 9.97. The Balaban J connectivity index is 1.51. The first kappa shape index (κ1) is 18.9. The average molecular weight is 361 g/mol. The summed E-state index contributed by atoms with van der Waals surface area (Å²) >= 11 is 0. The molecule has 1 aromatic heterocycles. The Morgan fingerprint density at radius 1 is 1.15 bits per heavy atom. The Hall–Kier alpha value is -1.85. The molecule has 2 heterocycles. The number of hydrogen-bond donors (Lipinski definition) is 1. The Labute approximate surface area is 156 Å². The van der Waals surface area contributed by atoms with Crippen LogP contribution in [0.4, 0.5) is 4.79 Å². The summed E-state index contributed by atoms with van der Waals surface area (Å²) in [5.41, 5.74) is 0.762. The summed E-state index contributed by atoms with van der Waals surface area (Å²) in [5, 5.41) is 7.71. The van der Waals surface area contributed by atoms with Gasteiger partial charge in [0.05, 0.1) is 12.2 Å². The number of amides is 2. The van der Waals surface area contributed by atoms with Crippen molar-refractivity contribution >= 4 is 6.03 Å². The van der Waals surface area contributed by atoms with Crippen LogP contribution in [-0.4, -0.2) is 39.8 Å². The lowest BCUT2D eigenvalue weighted by Crippen LogP contribution is -2.56. The molecule has 0 spiro atoms. The highest BCUT2D eigenvalue weighted by molar-refractivity contribution is 5.75. The van der Waals surface area contributed by atoms with Gasteiger partial charge in [0.15, 0.2) is 0 Å². The Bertz CT molecular complexity index is 678. The molecular weight excluding hydrogens is 328 g/mol. The Morgan fingerprint density at radius 2 is 1.81 bits per heavy atom. The number of carbonyl (C=O) groups is 1. The van der Waals surface area contributed by atoms with Crippen LogP contribution < -0.4 is 10.9 Å². The molecule has 1 aliphatic heterocycles. The maximum absolute atomic E-state index is 12.4. The SMILES string of the molecule is CC(C)(C)c1ccc(=O)n(CC2CN(C(=O)NC3CCCCCC3)C2)n1. The number of carbonyl (C=O) groups excluding carboxylic acids is 1. The first-order valence-corrected chi connectivity index (χ1v) is 9.97. The molecule has 26 heavy (non-hydrogen) atoms. The van der Waals surface area contributed by atoms with Gasteiger partial charge in [0.25, 0.3) is 5.56 Å². The van der Waals surface area contributed by atoms with Gasteiger partial charge in [-0.05, 0) is 18.9 Å². The van der Waals surface area contributed by atoms with Crippen molar-refractivity contribution in [3.8, 4) is 0 Å². The second kappa shape index (κ2) is 7.80. The maximum Gasteiger partial charge on any atom is 0.317 e. The van der Waals surface area contributed by atoms with E-state index in [9.17, 15) is 9.59 Å². The minimum Gasteiger partial charge on any atom is -0.335 e. The molecule has 0 aromatic carbocycles. The highest BCUT2D eigenvalue weighted by atomic mass is 16.2. The summed E-state index contributed by atoms with van der Waals surface area (Å²) in [6.07, 6.45) is 7.20. The summed E-state index contributed by atoms with van der Waals surface area (Å²) in [5.74, 6) is 0.301. The predicted octanol–water partition coefficient (Wildman–Crippen LogP) is 2.91. The van der Waals surface area contributed by atoms with E-state index in [-0.39, 0.29) is 17.0 Å². The highest BCUT2D eigenvalue weighted by Gasteiger charge is 2.32. The third-order valence-electron chi connectivity index (χ3n) is 5.49. The lowest BCUT2D eigenvalue weighted by atomic mass is 9.92. The molecule has 2 aliphatic rings. The van der Waals surface area contributed by atoms with Crippen molar-refractivity contribution in [1.82, 2.24) is 20.0 Å². The van der Waals surface area contributed by atoms with E-state index in [1.54, 1.807) is 10.7 Å². The standard InChI is InChI=1S/C20H32N4O2/c1-20(2,3)17-10-11-18(25)24(22-17)14-15-12-23(13-15)19(26)21-16-8-6-4-5-7-9-16/h10-11,15-16H,4-9,12-14H2,1-3H3,(H,21,26). The maximum atomic E-state index is 12.4. The van der Waals surface area contributed by atoms with E-state index in [1.165, 1.54) is 25.7 Å². The number of hydrogen-bond acceptors (Lipinski definition) is 3. The lowest BCUT2D eigenvalue weighted by Gasteiger charge is -2.40. The van der Waals surface area contributed by atoms with Gasteiger partial charge >= 0.3 is 6.03 Å². The molecule has 3 rings (SSSR count). The first-order chi connectivity index (χ1) is 12.3. The molecule has 6 heteroatoms. The van der Waals surface area contributed by atoms with Gasteiger partial charge in [0, 0.05) is 36.5 Å². The molecule has 1 aromatic rings. The van der Waals surface area contributed by atoms with Crippen LogP contribution in [0, 0.1) is 5.92 Å². The van der Waals surface area contributed by atoms with Gasteiger partial charge in [-0.1, -0.05) is 46.5 Å². The molecule has 144 valence electrons. The Kier molecular flexibility index (Phi) is 5.68. The van der Waals surface area contributed by atoms with E-state index < -0.39 is 0 Å². The molecule has 0 radical (unpaired) electrons. The third kappa shape index (κ3) is 4.65. The third-order valence-corrected chi connectivity index (χ3v) is 5.49. The topological polar surface area (TPSA) is 67.2 Å². The summed E-state index contributed by atoms with van der Waals surface area (Å²) in [6.45, 7) is 8.25. The van der Waals surface area contributed by atoms with Crippen LogP contribution in [-0.2, 0) is 12.0 Å². The van der Waals surface area contributed by atoms with Gasteiger partial charge in [-0.2, -0.15) is 5.10 Å². The minimum atomic E-state index is -0.0836. The molecule has 2 amide bonds. The van der Waals surface area contributed by atoms with Crippen LogP contribution >= 0.6 is 0 Å².